The second kappa shape index (κ2) is 14.8. The van der Waals surface area contributed by atoms with Gasteiger partial charge in [-0.3, -0.25) is 0 Å². The van der Waals surface area contributed by atoms with Crippen molar-refractivity contribution in [2.24, 2.45) is 0 Å². The zero-order valence-electron chi connectivity index (χ0n) is 27.8. The highest BCUT2D eigenvalue weighted by Gasteiger charge is 2.46. The van der Waals surface area contributed by atoms with Gasteiger partial charge < -0.3 is 24.0 Å². The minimum absolute atomic E-state index is 0.0852. The molecule has 0 amide bonds. The first-order valence-electron chi connectivity index (χ1n) is 16.2. The number of sulfone groups is 1. The average molecular weight is 776 g/mol. The molecule has 0 aliphatic carbocycles. The van der Waals surface area contributed by atoms with E-state index in [0.29, 0.717) is 58.9 Å². The van der Waals surface area contributed by atoms with Crippen molar-refractivity contribution in [1.82, 2.24) is 39.5 Å². The van der Waals surface area contributed by atoms with E-state index in [1.807, 2.05) is 17.0 Å². The van der Waals surface area contributed by atoms with Crippen molar-refractivity contribution in [2.75, 3.05) is 61.2 Å². The molecule has 52 heavy (non-hydrogen) atoms. The second-order valence-corrected chi connectivity index (χ2v) is 15.4. The van der Waals surface area contributed by atoms with Gasteiger partial charge in [0.15, 0.2) is 0 Å². The summed E-state index contributed by atoms with van der Waals surface area (Å²) in [5, 5.41) is 16.2. The molecule has 2 atom stereocenters. The van der Waals surface area contributed by atoms with Gasteiger partial charge in [-0.2, -0.15) is 5.10 Å². The molecule has 5 aromatic rings. The summed E-state index contributed by atoms with van der Waals surface area (Å²) in [5.41, 5.74) is 0.751. The number of piperazine rings is 1. The minimum atomic E-state index is -3.27. The lowest BCUT2D eigenvalue weighted by atomic mass is 10.1. The van der Waals surface area contributed by atoms with Crippen LogP contribution >= 0.6 is 23.2 Å². The highest BCUT2D eigenvalue weighted by atomic mass is 35.5. The van der Waals surface area contributed by atoms with Gasteiger partial charge in [0, 0.05) is 49.1 Å². The minimum Gasteiger partial charge on any atom is -0.489 e. The molecule has 5 heterocycles. The predicted octanol–water partition coefficient (Wildman–Crippen LogP) is 2.58. The van der Waals surface area contributed by atoms with Gasteiger partial charge in [-0.15, -0.1) is 5.10 Å². The van der Waals surface area contributed by atoms with Crippen LogP contribution in [0.5, 0.6) is 5.75 Å². The number of aromatic nitrogens is 8. The SMILES string of the molecule is CS(=O)(=O)CCn1ncn(-c2ccc(N3CCN(c4ccc(OC[C@@H]5CO[C@@](Cn6cnnn6)(c6ccc(Cl)cc6Cl)O5)cn4)CC3)c(F)c2)c1=O. The molecule has 16 nitrogen and oxygen atoms in total. The Balaban J connectivity index is 0.930. The predicted molar refractivity (Wildman–Crippen MR) is 188 cm³/mol. The number of tetrazole rings is 1. The number of hydrogen-bond acceptors (Lipinski definition) is 13. The number of rotatable bonds is 12. The third-order valence-corrected chi connectivity index (χ3v) is 10.2. The Hall–Kier alpha value is -4.62. The summed E-state index contributed by atoms with van der Waals surface area (Å²) in [6, 6.07) is 13.3. The topological polar surface area (TPSA) is 165 Å². The molecular weight excluding hydrogens is 742 g/mol. The molecule has 0 N–H and O–H groups in total. The van der Waals surface area contributed by atoms with Crippen LogP contribution in [0.1, 0.15) is 5.56 Å². The lowest BCUT2D eigenvalue weighted by molar-refractivity contribution is -0.190. The van der Waals surface area contributed by atoms with Gasteiger partial charge in [0.05, 0.1) is 41.5 Å². The first kappa shape index (κ1) is 35.8. The molecule has 0 bridgehead atoms. The van der Waals surface area contributed by atoms with E-state index >= 15 is 4.39 Å². The van der Waals surface area contributed by atoms with Crippen molar-refractivity contribution in [3.05, 3.63) is 99.3 Å². The largest absolute Gasteiger partial charge is 0.489 e. The van der Waals surface area contributed by atoms with Crippen LogP contribution in [0.25, 0.3) is 5.69 Å². The number of pyridine rings is 1. The van der Waals surface area contributed by atoms with Crippen LogP contribution in [-0.2, 0) is 38.2 Å². The first-order valence-corrected chi connectivity index (χ1v) is 19.0. The van der Waals surface area contributed by atoms with Gasteiger partial charge in [0.1, 0.15) is 59.1 Å². The Morgan fingerprint density at radius 2 is 1.85 bits per heavy atom. The average Bonchev–Trinajstić information content (AvgIpc) is 3.87. The summed E-state index contributed by atoms with van der Waals surface area (Å²) in [4.78, 5) is 21.3. The number of aryl methyl sites for hydroxylation is 1. The quantitative estimate of drug-likeness (QED) is 0.182. The molecule has 20 heteroatoms. The van der Waals surface area contributed by atoms with Gasteiger partial charge >= 0.3 is 5.69 Å². The summed E-state index contributed by atoms with van der Waals surface area (Å²) >= 11 is 12.7. The van der Waals surface area contributed by atoms with Crippen molar-refractivity contribution < 1.29 is 27.0 Å². The molecule has 7 rings (SSSR count). The molecule has 2 fully saturated rings. The van der Waals surface area contributed by atoms with Gasteiger partial charge in [-0.05, 0) is 46.8 Å². The fourth-order valence-electron chi connectivity index (χ4n) is 6.05. The highest BCUT2D eigenvalue weighted by molar-refractivity contribution is 7.90. The zero-order chi connectivity index (χ0) is 36.5. The van der Waals surface area contributed by atoms with Crippen LogP contribution in [0.3, 0.4) is 0 Å². The van der Waals surface area contributed by atoms with Crippen molar-refractivity contribution >= 4 is 44.5 Å². The maximum atomic E-state index is 15.3. The van der Waals surface area contributed by atoms with Crippen molar-refractivity contribution in [3.8, 4) is 11.4 Å². The Bertz CT molecular complexity index is 2200. The third-order valence-electron chi connectivity index (χ3n) is 8.68. The van der Waals surface area contributed by atoms with Crippen molar-refractivity contribution in [1.29, 1.82) is 0 Å². The van der Waals surface area contributed by atoms with E-state index in [2.05, 4.69) is 30.5 Å². The summed E-state index contributed by atoms with van der Waals surface area (Å²) < 4.78 is 60.6. The summed E-state index contributed by atoms with van der Waals surface area (Å²) in [6.45, 7) is 2.78. The smallest absolute Gasteiger partial charge is 0.350 e. The van der Waals surface area contributed by atoms with E-state index in [1.54, 1.807) is 36.5 Å². The van der Waals surface area contributed by atoms with Crippen LogP contribution in [0.15, 0.2) is 72.2 Å². The van der Waals surface area contributed by atoms with Gasteiger partial charge in [-0.1, -0.05) is 29.3 Å². The van der Waals surface area contributed by atoms with E-state index in [1.165, 1.54) is 28.0 Å². The molecule has 3 aromatic heterocycles. The van der Waals surface area contributed by atoms with Gasteiger partial charge in [0.2, 0.25) is 5.79 Å². The molecule has 2 aliphatic heterocycles. The van der Waals surface area contributed by atoms with Crippen LogP contribution in [0.2, 0.25) is 10.0 Å². The van der Waals surface area contributed by atoms with Crippen LogP contribution < -0.4 is 20.2 Å². The number of anilines is 2. The number of halogens is 3. The van der Waals surface area contributed by atoms with E-state index < -0.39 is 33.2 Å². The van der Waals surface area contributed by atoms with Crippen molar-refractivity contribution in [2.45, 2.75) is 25.0 Å². The Morgan fingerprint density at radius 3 is 2.54 bits per heavy atom. The number of ether oxygens (including phenoxy) is 3. The molecule has 2 aromatic carbocycles. The summed E-state index contributed by atoms with van der Waals surface area (Å²) in [7, 11) is -3.27. The third kappa shape index (κ3) is 7.90. The molecule has 2 saturated heterocycles. The first-order chi connectivity index (χ1) is 25.0. The molecule has 274 valence electrons. The maximum absolute atomic E-state index is 15.3. The van der Waals surface area contributed by atoms with E-state index in [4.69, 9.17) is 37.4 Å². The van der Waals surface area contributed by atoms with Crippen LogP contribution in [0, 0.1) is 5.82 Å². The maximum Gasteiger partial charge on any atom is 0.350 e. The normalized spacial score (nSPS) is 19.3. The standard InChI is InChI=1S/C32H33Cl2FN10O6S/c1-52(47,48)13-12-45-31(46)44(21-38-45)23-3-6-29(28(35)15-23)41-8-10-42(11-9-41)30-7-4-24(16-36-30)49-17-25-18-50-32(51-25,19-43-20-37-39-40-43)26-5-2-22(33)14-27(26)34/h2-7,14-16,20-21,25H,8-13,17-19H2,1H3/t25-,32-/m1/s1. The summed E-state index contributed by atoms with van der Waals surface area (Å²) in [5.74, 6) is -0.657. The highest BCUT2D eigenvalue weighted by Crippen LogP contribution is 2.40. The van der Waals surface area contributed by atoms with E-state index in [-0.39, 0.29) is 32.1 Å². The Morgan fingerprint density at radius 1 is 1.04 bits per heavy atom. The van der Waals surface area contributed by atoms with Crippen LogP contribution in [0.4, 0.5) is 15.9 Å². The molecule has 0 saturated carbocycles. The number of nitrogens with zero attached hydrogens (tertiary/aromatic N) is 10. The Kier molecular flexibility index (Phi) is 10.2. The second-order valence-electron chi connectivity index (χ2n) is 12.3. The van der Waals surface area contributed by atoms with Crippen LogP contribution in [-0.4, -0.2) is 105 Å². The number of hydrogen-bond donors (Lipinski definition) is 0. The lowest BCUT2D eigenvalue weighted by Crippen LogP contribution is -2.47. The number of benzene rings is 2. The fraction of sp³-hybridized carbons (Fsp3) is 0.375. The van der Waals surface area contributed by atoms with Gasteiger partial charge in [-0.25, -0.2) is 36.5 Å². The van der Waals surface area contributed by atoms with E-state index in [9.17, 15) is 13.2 Å². The molecule has 2 aliphatic rings. The Labute approximate surface area is 307 Å². The zero-order valence-corrected chi connectivity index (χ0v) is 30.1. The molecular formula is C32H33Cl2FN10O6S. The lowest BCUT2D eigenvalue weighted by Gasteiger charge is -2.36. The summed E-state index contributed by atoms with van der Waals surface area (Å²) in [6.07, 6.45) is 5.01. The monoisotopic (exact) mass is 774 g/mol. The molecule has 0 unspecified atom stereocenters. The van der Waals surface area contributed by atoms with Crippen molar-refractivity contribution in [3.63, 3.8) is 0 Å². The van der Waals surface area contributed by atoms with Gasteiger partial charge in [0.25, 0.3) is 0 Å². The fourth-order valence-corrected chi connectivity index (χ4v) is 7.11. The molecule has 0 radical (unpaired) electrons. The van der Waals surface area contributed by atoms with E-state index in [0.717, 1.165) is 16.8 Å². The molecule has 0 spiro atoms.